The fourth-order valence-corrected chi connectivity index (χ4v) is 6.22. The van der Waals surface area contributed by atoms with Gasteiger partial charge in [-0.25, -0.2) is 0 Å². The molecule has 0 radical (unpaired) electrons. The van der Waals surface area contributed by atoms with Gasteiger partial charge in [0, 0.05) is 23.4 Å². The third kappa shape index (κ3) is 2.07. The van der Waals surface area contributed by atoms with Gasteiger partial charge in [0.15, 0.2) is 0 Å². The summed E-state index contributed by atoms with van der Waals surface area (Å²) in [5, 5.41) is 17.3. The van der Waals surface area contributed by atoms with Crippen molar-refractivity contribution in [3.63, 3.8) is 0 Å². The molecular weight excluding hydrogens is 296 g/mol. The minimum Gasteiger partial charge on any atom is -0.389 e. The third-order valence-corrected chi connectivity index (χ3v) is 7.76. The number of aliphatic hydroxyl groups excluding tert-OH is 1. The SMILES string of the molecule is CN[C@H]1C[C@@H]2C[C@@H](O)C=C[C@]2(C)C2=C1[C@@H]1C=C[C@H](NC)[C@@]1(C)CC2. The standard InChI is InChI=1S/C21H32N2O/c1-20-9-7-14(24)11-13(20)12-17(22-3)19-15-5-6-18(23-4)21(15,2)10-8-16(19)20/h5-7,9,13-15,17-18,22-24H,8,10-12H2,1-4H3/t13-,14-,15-,17-,18-,20-,21-/m0/s1. The molecule has 0 saturated carbocycles. The molecule has 3 heteroatoms. The van der Waals surface area contributed by atoms with Gasteiger partial charge >= 0.3 is 0 Å². The Bertz CT molecular complexity index is 621. The summed E-state index contributed by atoms with van der Waals surface area (Å²) in [5.74, 6) is 1.08. The predicted molar refractivity (Wildman–Crippen MR) is 98.7 cm³/mol. The van der Waals surface area contributed by atoms with Crippen LogP contribution in [0.1, 0.15) is 39.5 Å². The zero-order chi connectivity index (χ0) is 17.1. The van der Waals surface area contributed by atoms with Crippen molar-refractivity contribution in [2.24, 2.45) is 22.7 Å². The van der Waals surface area contributed by atoms with Crippen molar-refractivity contribution in [1.29, 1.82) is 0 Å². The maximum Gasteiger partial charge on any atom is 0.0724 e. The highest BCUT2D eigenvalue weighted by molar-refractivity contribution is 5.44. The van der Waals surface area contributed by atoms with Gasteiger partial charge in [0.05, 0.1) is 6.10 Å². The highest BCUT2D eigenvalue weighted by Gasteiger charge is 2.54. The van der Waals surface area contributed by atoms with Crippen LogP contribution in [0.15, 0.2) is 35.5 Å². The van der Waals surface area contributed by atoms with Crippen LogP contribution in [0.2, 0.25) is 0 Å². The first-order valence-corrected chi connectivity index (χ1v) is 9.57. The Hall–Kier alpha value is -0.900. The quantitative estimate of drug-likeness (QED) is 0.683. The zero-order valence-electron chi connectivity index (χ0n) is 15.5. The number of fused-ring (bicyclic) bond motifs is 4. The molecule has 0 aromatic rings. The molecule has 4 aliphatic rings. The van der Waals surface area contributed by atoms with Crippen LogP contribution in [0.5, 0.6) is 0 Å². The van der Waals surface area contributed by atoms with Crippen LogP contribution in [0.4, 0.5) is 0 Å². The summed E-state index contributed by atoms with van der Waals surface area (Å²) < 4.78 is 0. The van der Waals surface area contributed by atoms with E-state index in [4.69, 9.17) is 0 Å². The Labute approximate surface area is 146 Å². The molecule has 24 heavy (non-hydrogen) atoms. The van der Waals surface area contributed by atoms with E-state index in [2.05, 4.69) is 56.8 Å². The molecule has 4 rings (SSSR count). The lowest BCUT2D eigenvalue weighted by Gasteiger charge is -2.55. The second-order valence-corrected chi connectivity index (χ2v) is 8.79. The van der Waals surface area contributed by atoms with Crippen molar-refractivity contribution in [3.05, 3.63) is 35.5 Å². The topological polar surface area (TPSA) is 44.3 Å². The van der Waals surface area contributed by atoms with Crippen LogP contribution in [-0.2, 0) is 0 Å². The summed E-state index contributed by atoms with van der Waals surface area (Å²) in [6, 6.07) is 0.921. The Balaban J connectivity index is 1.83. The lowest BCUT2D eigenvalue weighted by atomic mass is 9.51. The number of rotatable bonds is 2. The number of likely N-dealkylation sites (N-methyl/N-ethyl adjacent to an activating group) is 2. The lowest BCUT2D eigenvalue weighted by Crippen LogP contribution is -2.52. The first-order chi connectivity index (χ1) is 11.4. The number of allylic oxidation sites excluding steroid dienone is 3. The number of aliphatic hydroxyl groups is 1. The van der Waals surface area contributed by atoms with Crippen molar-refractivity contribution in [2.75, 3.05) is 14.1 Å². The van der Waals surface area contributed by atoms with Gasteiger partial charge in [-0.15, -0.1) is 0 Å². The van der Waals surface area contributed by atoms with Crippen LogP contribution in [0, 0.1) is 22.7 Å². The second kappa shape index (κ2) is 5.55. The molecule has 0 spiro atoms. The molecule has 4 aliphatic carbocycles. The van der Waals surface area contributed by atoms with Gasteiger partial charge < -0.3 is 15.7 Å². The van der Waals surface area contributed by atoms with E-state index in [0.29, 0.717) is 29.3 Å². The van der Waals surface area contributed by atoms with Crippen LogP contribution in [-0.4, -0.2) is 37.4 Å². The van der Waals surface area contributed by atoms with Crippen molar-refractivity contribution < 1.29 is 5.11 Å². The van der Waals surface area contributed by atoms with E-state index in [9.17, 15) is 5.11 Å². The molecule has 0 amide bonds. The molecule has 132 valence electrons. The average Bonchev–Trinajstić information content (AvgIpc) is 2.91. The molecule has 0 bridgehead atoms. The molecule has 0 fully saturated rings. The molecule has 0 aromatic heterocycles. The van der Waals surface area contributed by atoms with E-state index in [1.165, 1.54) is 12.8 Å². The fraction of sp³-hybridized carbons (Fsp3) is 0.714. The van der Waals surface area contributed by atoms with Gasteiger partial charge in [0.2, 0.25) is 0 Å². The Morgan fingerprint density at radius 3 is 2.58 bits per heavy atom. The van der Waals surface area contributed by atoms with Gasteiger partial charge in [-0.3, -0.25) is 0 Å². The lowest BCUT2D eigenvalue weighted by molar-refractivity contribution is 0.0942. The minimum atomic E-state index is -0.267. The van der Waals surface area contributed by atoms with E-state index >= 15 is 0 Å². The van der Waals surface area contributed by atoms with Crippen molar-refractivity contribution in [2.45, 2.75) is 57.7 Å². The molecule has 0 aliphatic heterocycles. The van der Waals surface area contributed by atoms with E-state index in [1.54, 1.807) is 11.1 Å². The summed E-state index contributed by atoms with van der Waals surface area (Å²) >= 11 is 0. The predicted octanol–water partition coefficient (Wildman–Crippen LogP) is 2.79. The first-order valence-electron chi connectivity index (χ1n) is 9.57. The second-order valence-electron chi connectivity index (χ2n) is 8.79. The van der Waals surface area contributed by atoms with Gasteiger partial charge in [0.25, 0.3) is 0 Å². The van der Waals surface area contributed by atoms with E-state index in [-0.39, 0.29) is 11.5 Å². The summed E-state index contributed by atoms with van der Waals surface area (Å²) in [6.45, 7) is 4.88. The van der Waals surface area contributed by atoms with Crippen molar-refractivity contribution in [1.82, 2.24) is 10.6 Å². The van der Waals surface area contributed by atoms with E-state index in [1.807, 2.05) is 6.08 Å². The smallest absolute Gasteiger partial charge is 0.0724 e. The van der Waals surface area contributed by atoms with Gasteiger partial charge in [-0.05, 0) is 56.7 Å². The van der Waals surface area contributed by atoms with Crippen LogP contribution < -0.4 is 10.6 Å². The molecule has 7 atom stereocenters. The van der Waals surface area contributed by atoms with Gasteiger partial charge in [-0.2, -0.15) is 0 Å². The normalized spacial score (nSPS) is 49.8. The number of hydrogen-bond acceptors (Lipinski definition) is 3. The Morgan fingerprint density at radius 1 is 1.08 bits per heavy atom. The maximum atomic E-state index is 10.1. The molecule has 3 N–H and O–H groups in total. The van der Waals surface area contributed by atoms with Crippen LogP contribution in [0.25, 0.3) is 0 Å². The summed E-state index contributed by atoms with van der Waals surface area (Å²) in [5.41, 5.74) is 3.74. The van der Waals surface area contributed by atoms with Crippen molar-refractivity contribution in [3.8, 4) is 0 Å². The third-order valence-electron chi connectivity index (χ3n) is 7.76. The molecule has 0 unspecified atom stereocenters. The fourth-order valence-electron chi connectivity index (χ4n) is 6.22. The highest BCUT2D eigenvalue weighted by atomic mass is 16.3. The maximum absolute atomic E-state index is 10.1. The monoisotopic (exact) mass is 328 g/mol. The van der Waals surface area contributed by atoms with Gasteiger partial charge in [-0.1, -0.05) is 43.7 Å². The molecule has 0 aromatic carbocycles. The van der Waals surface area contributed by atoms with Crippen LogP contribution >= 0.6 is 0 Å². The van der Waals surface area contributed by atoms with Gasteiger partial charge in [0.1, 0.15) is 0 Å². The average molecular weight is 329 g/mol. The largest absolute Gasteiger partial charge is 0.389 e. The number of nitrogens with one attached hydrogen (secondary N) is 2. The molecule has 3 nitrogen and oxygen atoms in total. The molecule has 0 heterocycles. The Morgan fingerprint density at radius 2 is 1.88 bits per heavy atom. The number of hydrogen-bond donors (Lipinski definition) is 3. The van der Waals surface area contributed by atoms with E-state index < -0.39 is 0 Å². The summed E-state index contributed by atoms with van der Waals surface area (Å²) in [7, 11) is 4.19. The zero-order valence-corrected chi connectivity index (χ0v) is 15.5. The minimum absolute atomic E-state index is 0.134. The first kappa shape index (κ1) is 16.6. The molecule has 0 saturated heterocycles. The Kier molecular flexibility index (Phi) is 3.83. The van der Waals surface area contributed by atoms with E-state index in [0.717, 1.165) is 12.8 Å². The molecular formula is C21H32N2O. The summed E-state index contributed by atoms with van der Waals surface area (Å²) in [6.07, 6.45) is 13.4. The highest BCUT2D eigenvalue weighted by Crippen LogP contribution is 2.60. The summed E-state index contributed by atoms with van der Waals surface area (Å²) in [4.78, 5) is 0. The van der Waals surface area contributed by atoms with Crippen LogP contribution in [0.3, 0.4) is 0 Å². The van der Waals surface area contributed by atoms with Crippen molar-refractivity contribution >= 4 is 0 Å².